The van der Waals surface area contributed by atoms with Crippen LogP contribution < -0.4 is 5.73 Å². The van der Waals surface area contributed by atoms with E-state index in [4.69, 9.17) is 5.73 Å². The number of hydrogen-bond acceptors (Lipinski definition) is 3. The maximum absolute atomic E-state index is 5.62. The Kier molecular flexibility index (Phi) is 3.98. The normalized spacial score (nSPS) is 26.2. The van der Waals surface area contributed by atoms with Crippen molar-refractivity contribution in [2.75, 3.05) is 0 Å². The third-order valence-corrected chi connectivity index (χ3v) is 5.02. The van der Waals surface area contributed by atoms with Gasteiger partial charge < -0.3 is 5.73 Å². The molecule has 0 saturated heterocycles. The number of nitrogens with two attached hydrogens (primary N) is 1. The number of aromatic nitrogens is 1. The van der Waals surface area contributed by atoms with Crippen molar-refractivity contribution in [1.82, 2.24) is 4.98 Å². The summed E-state index contributed by atoms with van der Waals surface area (Å²) in [5.41, 5.74) is 5.62. The quantitative estimate of drug-likeness (QED) is 0.875. The lowest BCUT2D eigenvalue weighted by molar-refractivity contribution is 0.258. The lowest BCUT2D eigenvalue weighted by atomic mass is 9.77. The molecule has 1 saturated carbocycles. The lowest BCUT2D eigenvalue weighted by Crippen LogP contribution is -2.17. The summed E-state index contributed by atoms with van der Waals surface area (Å²) in [4.78, 5) is 5.74. The fourth-order valence-corrected chi connectivity index (χ4v) is 3.60. The number of thiazole rings is 1. The van der Waals surface area contributed by atoms with Crippen LogP contribution in [0.15, 0.2) is 6.20 Å². The van der Waals surface area contributed by atoms with Gasteiger partial charge in [-0.25, -0.2) is 4.98 Å². The molecule has 0 aliphatic heterocycles. The van der Waals surface area contributed by atoms with E-state index in [0.29, 0.717) is 12.5 Å². The van der Waals surface area contributed by atoms with Crippen molar-refractivity contribution < 1.29 is 0 Å². The van der Waals surface area contributed by atoms with Gasteiger partial charge in [0.2, 0.25) is 0 Å². The first-order valence-corrected chi connectivity index (χ1v) is 7.17. The van der Waals surface area contributed by atoms with Gasteiger partial charge in [-0.05, 0) is 37.5 Å². The highest BCUT2D eigenvalue weighted by Crippen LogP contribution is 2.39. The lowest BCUT2D eigenvalue weighted by Gasteiger charge is -2.29. The Balaban J connectivity index is 1.93. The van der Waals surface area contributed by atoms with Crippen LogP contribution in [0.2, 0.25) is 0 Å². The number of rotatable bonds is 3. The third kappa shape index (κ3) is 2.64. The van der Waals surface area contributed by atoms with E-state index in [9.17, 15) is 0 Å². The molecule has 0 bridgehead atoms. The van der Waals surface area contributed by atoms with E-state index in [-0.39, 0.29) is 0 Å². The van der Waals surface area contributed by atoms with Gasteiger partial charge in [-0.3, -0.25) is 0 Å². The summed E-state index contributed by atoms with van der Waals surface area (Å²) in [7, 11) is 0. The van der Waals surface area contributed by atoms with Crippen molar-refractivity contribution in [2.45, 2.75) is 52.0 Å². The fraction of sp³-hybridized carbons (Fsp3) is 0.769. The van der Waals surface area contributed by atoms with Crippen LogP contribution in [0.25, 0.3) is 0 Å². The van der Waals surface area contributed by atoms with Gasteiger partial charge in [-0.15, -0.1) is 11.3 Å². The molecule has 1 heterocycles. The Morgan fingerprint density at radius 2 is 2.06 bits per heavy atom. The van der Waals surface area contributed by atoms with E-state index in [1.807, 2.05) is 17.5 Å². The standard InChI is InChI=1S/C13H22N2S/c1-9(2)10-3-5-11(6-4-10)13-15-8-12(7-14)16-13/h8-11H,3-7,14H2,1-2H3. The second kappa shape index (κ2) is 5.28. The van der Waals surface area contributed by atoms with E-state index in [0.717, 1.165) is 11.8 Å². The molecule has 2 nitrogen and oxygen atoms in total. The van der Waals surface area contributed by atoms with Crippen molar-refractivity contribution in [3.63, 3.8) is 0 Å². The molecule has 0 atom stereocenters. The molecule has 0 radical (unpaired) electrons. The Bertz CT molecular complexity index is 324. The fourth-order valence-electron chi connectivity index (χ4n) is 2.64. The topological polar surface area (TPSA) is 38.9 Å². The first-order valence-electron chi connectivity index (χ1n) is 6.35. The van der Waals surface area contributed by atoms with Crippen LogP contribution in [0.5, 0.6) is 0 Å². The van der Waals surface area contributed by atoms with Crippen molar-refractivity contribution in [1.29, 1.82) is 0 Å². The summed E-state index contributed by atoms with van der Waals surface area (Å²) < 4.78 is 0. The van der Waals surface area contributed by atoms with Crippen molar-refractivity contribution in [3.8, 4) is 0 Å². The number of nitrogens with zero attached hydrogens (tertiary/aromatic N) is 1. The summed E-state index contributed by atoms with van der Waals surface area (Å²) in [6.45, 7) is 5.33. The van der Waals surface area contributed by atoms with Crippen LogP contribution in [0.1, 0.15) is 55.3 Å². The Labute approximate surface area is 102 Å². The molecule has 0 spiro atoms. The molecule has 2 N–H and O–H groups in total. The molecule has 3 heteroatoms. The van der Waals surface area contributed by atoms with E-state index < -0.39 is 0 Å². The van der Waals surface area contributed by atoms with Crippen LogP contribution >= 0.6 is 11.3 Å². The predicted molar refractivity (Wildman–Crippen MR) is 69.5 cm³/mol. The Morgan fingerprint density at radius 3 is 2.56 bits per heavy atom. The van der Waals surface area contributed by atoms with Crippen LogP contribution in [0, 0.1) is 11.8 Å². The largest absolute Gasteiger partial charge is 0.326 e. The average molecular weight is 238 g/mol. The molecule has 90 valence electrons. The zero-order valence-electron chi connectivity index (χ0n) is 10.3. The van der Waals surface area contributed by atoms with Crippen LogP contribution in [0.4, 0.5) is 0 Å². The molecule has 1 aromatic rings. The Morgan fingerprint density at radius 1 is 1.38 bits per heavy atom. The number of hydrogen-bond donors (Lipinski definition) is 1. The highest BCUT2D eigenvalue weighted by Gasteiger charge is 2.25. The van der Waals surface area contributed by atoms with Crippen LogP contribution in [0.3, 0.4) is 0 Å². The summed E-state index contributed by atoms with van der Waals surface area (Å²) in [6.07, 6.45) is 7.34. The smallest absolute Gasteiger partial charge is 0.0959 e. The maximum atomic E-state index is 5.62. The zero-order valence-corrected chi connectivity index (χ0v) is 11.1. The monoisotopic (exact) mass is 238 g/mol. The Hall–Kier alpha value is -0.410. The molecule has 2 rings (SSSR count). The van der Waals surface area contributed by atoms with E-state index >= 15 is 0 Å². The van der Waals surface area contributed by atoms with Crippen LogP contribution in [-0.4, -0.2) is 4.98 Å². The molecule has 1 aliphatic carbocycles. The van der Waals surface area contributed by atoms with E-state index in [2.05, 4.69) is 18.8 Å². The molecular formula is C13H22N2S. The summed E-state index contributed by atoms with van der Waals surface area (Å²) in [5.74, 6) is 2.49. The minimum Gasteiger partial charge on any atom is -0.326 e. The van der Waals surface area contributed by atoms with Crippen LogP contribution in [-0.2, 0) is 6.54 Å². The highest BCUT2D eigenvalue weighted by atomic mass is 32.1. The molecule has 0 amide bonds. The van der Waals surface area contributed by atoms with Gasteiger partial charge in [0.1, 0.15) is 0 Å². The van der Waals surface area contributed by atoms with Gasteiger partial charge in [0, 0.05) is 23.5 Å². The molecule has 16 heavy (non-hydrogen) atoms. The SMILES string of the molecule is CC(C)C1CCC(c2ncc(CN)s2)CC1. The second-order valence-corrected chi connectivity index (χ2v) is 6.37. The summed E-state index contributed by atoms with van der Waals surface area (Å²) in [6, 6.07) is 0. The molecular weight excluding hydrogens is 216 g/mol. The van der Waals surface area contributed by atoms with Gasteiger partial charge in [-0.1, -0.05) is 13.8 Å². The molecule has 1 aromatic heterocycles. The van der Waals surface area contributed by atoms with E-state index in [1.54, 1.807) is 0 Å². The van der Waals surface area contributed by atoms with Gasteiger partial charge in [0.05, 0.1) is 5.01 Å². The maximum Gasteiger partial charge on any atom is 0.0959 e. The molecule has 0 unspecified atom stereocenters. The first kappa shape index (κ1) is 12.1. The van der Waals surface area contributed by atoms with Crippen molar-refractivity contribution in [3.05, 3.63) is 16.1 Å². The first-order chi connectivity index (χ1) is 7.70. The summed E-state index contributed by atoms with van der Waals surface area (Å²) >= 11 is 1.81. The second-order valence-electron chi connectivity index (χ2n) is 5.22. The van der Waals surface area contributed by atoms with E-state index in [1.165, 1.54) is 35.6 Å². The van der Waals surface area contributed by atoms with Gasteiger partial charge >= 0.3 is 0 Å². The third-order valence-electron chi connectivity index (χ3n) is 3.84. The van der Waals surface area contributed by atoms with Gasteiger partial charge in [0.25, 0.3) is 0 Å². The van der Waals surface area contributed by atoms with Gasteiger partial charge in [-0.2, -0.15) is 0 Å². The minimum absolute atomic E-state index is 0.638. The predicted octanol–water partition coefficient (Wildman–Crippen LogP) is 3.53. The minimum atomic E-state index is 0.638. The molecule has 1 aliphatic rings. The highest BCUT2D eigenvalue weighted by molar-refractivity contribution is 7.11. The van der Waals surface area contributed by atoms with Crippen molar-refractivity contribution in [2.24, 2.45) is 17.6 Å². The zero-order chi connectivity index (χ0) is 11.5. The summed E-state index contributed by atoms with van der Waals surface area (Å²) in [5, 5.41) is 1.32. The van der Waals surface area contributed by atoms with Gasteiger partial charge in [0.15, 0.2) is 0 Å². The average Bonchev–Trinajstić information content (AvgIpc) is 2.77. The van der Waals surface area contributed by atoms with Crippen molar-refractivity contribution >= 4 is 11.3 Å². The molecule has 1 fully saturated rings. The molecule has 0 aromatic carbocycles.